The van der Waals surface area contributed by atoms with Gasteiger partial charge in [-0.15, -0.1) is 0 Å². The molecule has 0 atom stereocenters. The van der Waals surface area contributed by atoms with Gasteiger partial charge in [-0.25, -0.2) is 4.79 Å². The minimum absolute atomic E-state index is 0.289. The molecule has 31 heavy (non-hydrogen) atoms. The highest BCUT2D eigenvalue weighted by atomic mass is 16.5. The number of benzene rings is 2. The van der Waals surface area contributed by atoms with Crippen molar-refractivity contribution in [1.82, 2.24) is 10.2 Å². The number of anilines is 1. The van der Waals surface area contributed by atoms with Crippen molar-refractivity contribution in [2.75, 3.05) is 11.9 Å². The lowest BCUT2D eigenvalue weighted by atomic mass is 9.75. The summed E-state index contributed by atoms with van der Waals surface area (Å²) in [5, 5.41) is 5.61. The van der Waals surface area contributed by atoms with Crippen LogP contribution in [0.1, 0.15) is 39.0 Å². The minimum Gasteiger partial charge on any atom is -0.457 e. The molecule has 0 unspecified atom stereocenters. The van der Waals surface area contributed by atoms with E-state index in [1.807, 2.05) is 30.3 Å². The van der Waals surface area contributed by atoms with Crippen LogP contribution in [0.15, 0.2) is 54.6 Å². The molecule has 2 aliphatic rings. The van der Waals surface area contributed by atoms with Gasteiger partial charge in [0.2, 0.25) is 5.91 Å². The first kappa shape index (κ1) is 20.9. The highest BCUT2D eigenvalue weighted by molar-refractivity contribution is 6.10. The lowest BCUT2D eigenvalue weighted by Crippen LogP contribution is -2.49. The Morgan fingerprint density at radius 2 is 1.81 bits per heavy atom. The van der Waals surface area contributed by atoms with Crippen molar-refractivity contribution in [3.05, 3.63) is 54.6 Å². The number of para-hydroxylation sites is 1. The van der Waals surface area contributed by atoms with E-state index in [0.29, 0.717) is 35.9 Å². The van der Waals surface area contributed by atoms with Crippen LogP contribution in [0.2, 0.25) is 0 Å². The Hall–Kier alpha value is -3.35. The molecule has 2 aromatic rings. The Balaban J connectivity index is 1.37. The van der Waals surface area contributed by atoms with Gasteiger partial charge in [-0.1, -0.05) is 37.6 Å². The Morgan fingerprint density at radius 1 is 1.10 bits per heavy atom. The highest BCUT2D eigenvalue weighted by Crippen LogP contribution is 2.37. The third kappa shape index (κ3) is 4.55. The third-order valence-corrected chi connectivity index (χ3v) is 6.18. The second-order valence-corrected chi connectivity index (χ2v) is 8.25. The first-order valence-corrected chi connectivity index (χ1v) is 10.8. The molecular formula is C24H27N3O4. The fourth-order valence-electron chi connectivity index (χ4n) is 4.34. The number of amides is 4. The van der Waals surface area contributed by atoms with E-state index in [1.165, 1.54) is 0 Å². The van der Waals surface area contributed by atoms with Gasteiger partial charge in [0.15, 0.2) is 0 Å². The van der Waals surface area contributed by atoms with Crippen LogP contribution in [-0.2, 0) is 9.59 Å². The fraction of sp³-hybridized carbons (Fsp3) is 0.375. The maximum Gasteiger partial charge on any atom is 0.325 e. The van der Waals surface area contributed by atoms with Gasteiger partial charge in [-0.2, -0.15) is 0 Å². The zero-order chi connectivity index (χ0) is 21.8. The van der Waals surface area contributed by atoms with Crippen LogP contribution in [0, 0.1) is 5.92 Å². The van der Waals surface area contributed by atoms with Crippen LogP contribution in [-0.4, -0.2) is 34.8 Å². The van der Waals surface area contributed by atoms with E-state index in [4.69, 9.17) is 4.74 Å². The number of ether oxygens (including phenoxy) is 1. The molecule has 1 aliphatic carbocycles. The van der Waals surface area contributed by atoms with Gasteiger partial charge in [0, 0.05) is 11.8 Å². The largest absolute Gasteiger partial charge is 0.457 e. The molecule has 7 nitrogen and oxygen atoms in total. The van der Waals surface area contributed by atoms with E-state index in [9.17, 15) is 14.4 Å². The summed E-state index contributed by atoms with van der Waals surface area (Å²) in [6.07, 6.45) is 4.17. The quantitative estimate of drug-likeness (QED) is 0.681. The van der Waals surface area contributed by atoms with Crippen LogP contribution in [0.3, 0.4) is 0 Å². The van der Waals surface area contributed by atoms with Crippen molar-refractivity contribution in [3.63, 3.8) is 0 Å². The van der Waals surface area contributed by atoms with Crippen LogP contribution in [0.25, 0.3) is 0 Å². The highest BCUT2D eigenvalue weighted by Gasteiger charge is 2.52. The van der Waals surface area contributed by atoms with E-state index in [-0.39, 0.29) is 12.5 Å². The van der Waals surface area contributed by atoms with E-state index in [1.54, 1.807) is 24.3 Å². The van der Waals surface area contributed by atoms with E-state index < -0.39 is 17.5 Å². The lowest BCUT2D eigenvalue weighted by molar-refractivity contribution is -0.135. The number of urea groups is 1. The minimum atomic E-state index is -0.841. The Labute approximate surface area is 181 Å². The van der Waals surface area contributed by atoms with Crippen LogP contribution >= 0.6 is 0 Å². The molecule has 1 aliphatic heterocycles. The molecule has 0 aromatic heterocycles. The number of hydrogen-bond acceptors (Lipinski definition) is 4. The molecule has 1 saturated heterocycles. The van der Waals surface area contributed by atoms with Crippen LogP contribution in [0.5, 0.6) is 11.5 Å². The van der Waals surface area contributed by atoms with Gasteiger partial charge in [0.25, 0.3) is 5.91 Å². The SMILES string of the molecule is CCC1CCC2(CC1)NC(=O)N(CC(=O)Nc1cccc(Oc3ccccc3)c1)C2=O. The number of imide groups is 1. The monoisotopic (exact) mass is 421 g/mol. The summed E-state index contributed by atoms with van der Waals surface area (Å²) >= 11 is 0. The smallest absolute Gasteiger partial charge is 0.325 e. The van der Waals surface area contributed by atoms with Gasteiger partial charge in [0.05, 0.1) is 0 Å². The molecule has 4 rings (SSSR count). The average molecular weight is 421 g/mol. The van der Waals surface area contributed by atoms with Crippen LogP contribution < -0.4 is 15.4 Å². The summed E-state index contributed by atoms with van der Waals surface area (Å²) in [6, 6.07) is 15.8. The topological polar surface area (TPSA) is 87.7 Å². The van der Waals surface area contributed by atoms with E-state index >= 15 is 0 Å². The first-order chi connectivity index (χ1) is 15.0. The number of rotatable bonds is 6. The number of nitrogens with zero attached hydrogens (tertiary/aromatic N) is 1. The standard InChI is InChI=1S/C24H27N3O4/c1-2-17-11-13-24(14-12-17)22(29)27(23(30)26-24)16-21(28)25-18-7-6-10-20(15-18)31-19-8-4-3-5-9-19/h3-10,15,17H,2,11-14,16H2,1H3,(H,25,28)(H,26,30). The van der Waals surface area contributed by atoms with Gasteiger partial charge < -0.3 is 15.4 Å². The van der Waals surface area contributed by atoms with Gasteiger partial charge in [-0.05, 0) is 55.9 Å². The maximum absolute atomic E-state index is 13.0. The molecule has 4 amide bonds. The molecule has 162 valence electrons. The second kappa shape index (κ2) is 8.79. The summed E-state index contributed by atoms with van der Waals surface area (Å²) in [5.74, 6) is 1.14. The molecular weight excluding hydrogens is 394 g/mol. The van der Waals surface area contributed by atoms with Crippen molar-refractivity contribution in [3.8, 4) is 11.5 Å². The summed E-state index contributed by atoms with van der Waals surface area (Å²) in [4.78, 5) is 39.0. The Bertz CT molecular complexity index is 968. The lowest BCUT2D eigenvalue weighted by Gasteiger charge is -2.34. The van der Waals surface area contributed by atoms with Gasteiger partial charge in [-0.3, -0.25) is 14.5 Å². The van der Waals surface area contributed by atoms with Gasteiger partial charge in [0.1, 0.15) is 23.6 Å². The van der Waals surface area contributed by atoms with Crippen molar-refractivity contribution in [2.45, 2.75) is 44.6 Å². The van der Waals surface area contributed by atoms with Gasteiger partial charge >= 0.3 is 6.03 Å². The van der Waals surface area contributed by atoms with Crippen molar-refractivity contribution in [1.29, 1.82) is 0 Å². The van der Waals surface area contributed by atoms with Crippen molar-refractivity contribution in [2.24, 2.45) is 5.92 Å². The molecule has 1 saturated carbocycles. The molecule has 7 heteroatoms. The third-order valence-electron chi connectivity index (χ3n) is 6.18. The van der Waals surface area contributed by atoms with E-state index in [2.05, 4.69) is 17.6 Å². The van der Waals surface area contributed by atoms with E-state index in [0.717, 1.165) is 24.2 Å². The van der Waals surface area contributed by atoms with Crippen molar-refractivity contribution >= 4 is 23.5 Å². The predicted molar refractivity (Wildman–Crippen MR) is 117 cm³/mol. The number of nitrogens with one attached hydrogen (secondary N) is 2. The Kier molecular flexibility index (Phi) is 5.93. The normalized spacial score (nSPS) is 23.0. The summed E-state index contributed by atoms with van der Waals surface area (Å²) in [7, 11) is 0. The van der Waals surface area contributed by atoms with Crippen LogP contribution in [0.4, 0.5) is 10.5 Å². The molecule has 0 bridgehead atoms. The molecule has 1 spiro atoms. The maximum atomic E-state index is 13.0. The molecule has 0 radical (unpaired) electrons. The zero-order valence-corrected chi connectivity index (χ0v) is 17.6. The average Bonchev–Trinajstić information content (AvgIpc) is 2.99. The number of hydrogen-bond donors (Lipinski definition) is 2. The predicted octanol–water partition coefficient (Wildman–Crippen LogP) is 4.31. The molecule has 2 N–H and O–H groups in total. The summed E-state index contributed by atoms with van der Waals surface area (Å²) in [6.45, 7) is 1.83. The number of carbonyl (C=O) groups excluding carboxylic acids is 3. The molecule has 2 fully saturated rings. The first-order valence-electron chi connectivity index (χ1n) is 10.8. The molecule has 2 aromatic carbocycles. The summed E-state index contributed by atoms with van der Waals surface area (Å²) in [5.41, 5.74) is -0.310. The second-order valence-electron chi connectivity index (χ2n) is 8.25. The molecule has 1 heterocycles. The fourth-order valence-corrected chi connectivity index (χ4v) is 4.34. The zero-order valence-electron chi connectivity index (χ0n) is 17.6. The Morgan fingerprint density at radius 3 is 2.52 bits per heavy atom. The van der Waals surface area contributed by atoms with Crippen molar-refractivity contribution < 1.29 is 19.1 Å². The number of carbonyl (C=O) groups is 3. The summed E-state index contributed by atoms with van der Waals surface area (Å²) < 4.78 is 5.78.